The van der Waals surface area contributed by atoms with Gasteiger partial charge in [0.2, 0.25) is 11.8 Å². The molecule has 1 aliphatic heterocycles. The molecule has 4 nitrogen and oxygen atoms in total. The fourth-order valence-corrected chi connectivity index (χ4v) is 3.13. The van der Waals surface area contributed by atoms with Crippen LogP contribution in [-0.4, -0.2) is 23.3 Å². The van der Waals surface area contributed by atoms with Crippen molar-refractivity contribution in [3.8, 4) is 0 Å². The van der Waals surface area contributed by atoms with E-state index in [1.165, 1.54) is 18.2 Å². The Kier molecular flexibility index (Phi) is 5.25. The van der Waals surface area contributed by atoms with Crippen LogP contribution in [0, 0.1) is 11.7 Å². The molecule has 7 heteroatoms. The van der Waals surface area contributed by atoms with Gasteiger partial charge in [-0.1, -0.05) is 41.4 Å². The van der Waals surface area contributed by atoms with Crippen molar-refractivity contribution in [1.82, 2.24) is 4.90 Å². The molecule has 2 amide bonds. The van der Waals surface area contributed by atoms with Crippen LogP contribution in [0.15, 0.2) is 42.5 Å². The average Bonchev–Trinajstić information content (AvgIpc) is 2.94. The van der Waals surface area contributed by atoms with Gasteiger partial charge in [-0.3, -0.25) is 9.59 Å². The van der Waals surface area contributed by atoms with Crippen molar-refractivity contribution in [2.45, 2.75) is 13.0 Å². The Balaban J connectivity index is 1.64. The molecule has 130 valence electrons. The van der Waals surface area contributed by atoms with Crippen molar-refractivity contribution in [3.63, 3.8) is 0 Å². The van der Waals surface area contributed by atoms with Crippen LogP contribution in [0.1, 0.15) is 12.0 Å². The lowest BCUT2D eigenvalue weighted by Gasteiger charge is -2.17. The summed E-state index contributed by atoms with van der Waals surface area (Å²) in [6.45, 7) is 0.676. The van der Waals surface area contributed by atoms with Crippen molar-refractivity contribution >= 4 is 40.7 Å². The molecule has 2 aromatic rings. The van der Waals surface area contributed by atoms with E-state index in [9.17, 15) is 14.0 Å². The predicted molar refractivity (Wildman–Crippen MR) is 95.0 cm³/mol. The summed E-state index contributed by atoms with van der Waals surface area (Å²) in [6.07, 6.45) is 0.130. The molecular formula is C18H15Cl2FN2O2. The van der Waals surface area contributed by atoms with E-state index in [2.05, 4.69) is 5.32 Å². The van der Waals surface area contributed by atoms with E-state index in [0.717, 1.165) is 5.56 Å². The maximum Gasteiger partial charge on any atom is 0.229 e. The Bertz CT molecular complexity index is 828. The number of likely N-dealkylation sites (tertiary alicyclic amines) is 1. The van der Waals surface area contributed by atoms with E-state index in [-0.39, 0.29) is 23.3 Å². The minimum atomic E-state index is -0.554. The minimum Gasteiger partial charge on any atom is -0.337 e. The van der Waals surface area contributed by atoms with Gasteiger partial charge in [-0.05, 0) is 29.8 Å². The Labute approximate surface area is 154 Å². The first-order chi connectivity index (χ1) is 11.9. The van der Waals surface area contributed by atoms with E-state index in [4.69, 9.17) is 23.2 Å². The van der Waals surface area contributed by atoms with Crippen LogP contribution in [0.3, 0.4) is 0 Å². The maximum absolute atomic E-state index is 13.2. The fourth-order valence-electron chi connectivity index (χ4n) is 2.75. The Morgan fingerprint density at radius 2 is 1.96 bits per heavy atom. The molecule has 0 spiro atoms. The lowest BCUT2D eigenvalue weighted by Crippen LogP contribution is -2.28. The molecule has 1 fully saturated rings. The maximum atomic E-state index is 13.2. The van der Waals surface area contributed by atoms with E-state index >= 15 is 0 Å². The third kappa shape index (κ3) is 4.11. The average molecular weight is 381 g/mol. The lowest BCUT2D eigenvalue weighted by molar-refractivity contribution is -0.128. The van der Waals surface area contributed by atoms with Crippen molar-refractivity contribution < 1.29 is 14.0 Å². The monoisotopic (exact) mass is 380 g/mol. The number of hydrogen-bond acceptors (Lipinski definition) is 2. The highest BCUT2D eigenvalue weighted by Crippen LogP contribution is 2.25. The molecule has 0 aliphatic carbocycles. The molecule has 25 heavy (non-hydrogen) atoms. The number of halogens is 3. The van der Waals surface area contributed by atoms with Crippen LogP contribution in [0.2, 0.25) is 10.0 Å². The summed E-state index contributed by atoms with van der Waals surface area (Å²) in [5, 5.41) is 3.19. The van der Waals surface area contributed by atoms with Crippen LogP contribution in [0.25, 0.3) is 0 Å². The zero-order valence-electron chi connectivity index (χ0n) is 13.1. The van der Waals surface area contributed by atoms with E-state index in [1.54, 1.807) is 11.0 Å². The van der Waals surface area contributed by atoms with Gasteiger partial charge in [0.05, 0.1) is 10.9 Å². The number of nitrogens with zero attached hydrogens (tertiary/aromatic N) is 1. The number of benzene rings is 2. The van der Waals surface area contributed by atoms with Crippen LogP contribution in [-0.2, 0) is 16.1 Å². The van der Waals surface area contributed by atoms with Crippen LogP contribution < -0.4 is 5.32 Å². The molecule has 1 saturated heterocycles. The Hall–Kier alpha value is -2.11. The third-order valence-corrected chi connectivity index (χ3v) is 4.75. The highest BCUT2D eigenvalue weighted by atomic mass is 35.5. The quantitative estimate of drug-likeness (QED) is 0.866. The first kappa shape index (κ1) is 17.7. The molecule has 1 atom stereocenters. The molecule has 1 aliphatic rings. The number of hydrogen-bond donors (Lipinski definition) is 1. The van der Waals surface area contributed by atoms with Gasteiger partial charge in [-0.25, -0.2) is 4.39 Å². The molecule has 2 aromatic carbocycles. The van der Waals surface area contributed by atoms with E-state index in [1.807, 2.05) is 18.2 Å². The zero-order chi connectivity index (χ0) is 18.0. The number of amides is 2. The largest absolute Gasteiger partial charge is 0.337 e. The standard InChI is InChI=1S/C18H15Cl2FN2O2/c19-14-4-2-1-3-11(14)9-23-10-12(7-17(23)24)18(25)22-13-5-6-16(21)15(20)8-13/h1-6,8,12H,7,9-10H2,(H,22,25)/t12-/m0/s1. The third-order valence-electron chi connectivity index (χ3n) is 4.09. The van der Waals surface area contributed by atoms with E-state index in [0.29, 0.717) is 23.8 Å². The Morgan fingerprint density at radius 1 is 1.20 bits per heavy atom. The first-order valence-corrected chi connectivity index (χ1v) is 8.46. The smallest absolute Gasteiger partial charge is 0.229 e. The molecule has 1 N–H and O–H groups in total. The van der Waals surface area contributed by atoms with Gasteiger partial charge in [-0.2, -0.15) is 0 Å². The lowest BCUT2D eigenvalue weighted by atomic mass is 10.1. The molecular weight excluding hydrogens is 366 g/mol. The number of anilines is 1. The predicted octanol–water partition coefficient (Wildman–Crippen LogP) is 4.12. The second kappa shape index (κ2) is 7.42. The van der Waals surface area contributed by atoms with Gasteiger partial charge in [0, 0.05) is 30.2 Å². The summed E-state index contributed by atoms with van der Waals surface area (Å²) < 4.78 is 13.2. The zero-order valence-corrected chi connectivity index (χ0v) is 14.6. The molecule has 1 heterocycles. The SMILES string of the molecule is O=C(Nc1ccc(F)c(Cl)c1)[C@H]1CC(=O)N(Cc2ccccc2Cl)C1. The van der Waals surface area contributed by atoms with Gasteiger partial charge in [-0.15, -0.1) is 0 Å². The highest BCUT2D eigenvalue weighted by molar-refractivity contribution is 6.31. The van der Waals surface area contributed by atoms with Gasteiger partial charge < -0.3 is 10.2 Å². The summed E-state index contributed by atoms with van der Waals surface area (Å²) >= 11 is 11.8. The number of nitrogens with one attached hydrogen (secondary N) is 1. The summed E-state index contributed by atoms with van der Waals surface area (Å²) in [7, 11) is 0. The topological polar surface area (TPSA) is 49.4 Å². The van der Waals surface area contributed by atoms with Crippen LogP contribution in [0.5, 0.6) is 0 Å². The normalized spacial score (nSPS) is 17.0. The van der Waals surface area contributed by atoms with E-state index < -0.39 is 11.7 Å². The Morgan fingerprint density at radius 3 is 2.68 bits per heavy atom. The highest BCUT2D eigenvalue weighted by Gasteiger charge is 2.34. The van der Waals surface area contributed by atoms with Crippen LogP contribution in [0.4, 0.5) is 10.1 Å². The molecule has 3 rings (SSSR count). The first-order valence-electron chi connectivity index (χ1n) is 7.71. The summed E-state index contributed by atoms with van der Waals surface area (Å²) in [4.78, 5) is 26.2. The van der Waals surface area contributed by atoms with Gasteiger partial charge in [0.1, 0.15) is 5.82 Å². The number of carbonyl (C=O) groups is 2. The molecule has 0 radical (unpaired) electrons. The minimum absolute atomic E-state index is 0.0688. The van der Waals surface area contributed by atoms with Crippen molar-refractivity contribution in [2.75, 3.05) is 11.9 Å². The van der Waals surface area contributed by atoms with Crippen molar-refractivity contribution in [3.05, 3.63) is 63.9 Å². The second-order valence-electron chi connectivity index (χ2n) is 5.88. The molecule has 0 bridgehead atoms. The number of carbonyl (C=O) groups excluding carboxylic acids is 2. The molecule has 0 unspecified atom stereocenters. The van der Waals surface area contributed by atoms with Crippen molar-refractivity contribution in [2.24, 2.45) is 5.92 Å². The molecule has 0 aromatic heterocycles. The fraction of sp³-hybridized carbons (Fsp3) is 0.222. The number of rotatable bonds is 4. The van der Waals surface area contributed by atoms with Gasteiger partial charge in [0.15, 0.2) is 0 Å². The second-order valence-corrected chi connectivity index (χ2v) is 6.70. The summed E-state index contributed by atoms with van der Waals surface area (Å²) in [6, 6.07) is 11.2. The van der Waals surface area contributed by atoms with Crippen molar-refractivity contribution in [1.29, 1.82) is 0 Å². The summed E-state index contributed by atoms with van der Waals surface area (Å²) in [5.74, 6) is -1.42. The summed E-state index contributed by atoms with van der Waals surface area (Å²) in [5.41, 5.74) is 1.23. The molecule has 0 saturated carbocycles. The van der Waals surface area contributed by atoms with Crippen LogP contribution >= 0.6 is 23.2 Å². The van der Waals surface area contributed by atoms with Gasteiger partial charge >= 0.3 is 0 Å². The van der Waals surface area contributed by atoms with Gasteiger partial charge in [0.25, 0.3) is 0 Å².